The van der Waals surface area contributed by atoms with E-state index in [9.17, 15) is 4.39 Å². The molecule has 0 saturated heterocycles. The number of amidine groups is 1. The standard InChI is InChI=1S/C10H11FN2OS/c1-14-9-6-7(2-3-8(9)11)13-10-12-4-5-15-10/h2-3,6H,4-5H2,1H3,(H,12,13). The van der Waals surface area contributed by atoms with Crippen molar-refractivity contribution in [3.05, 3.63) is 24.0 Å². The topological polar surface area (TPSA) is 33.6 Å². The predicted molar refractivity (Wildman–Crippen MR) is 61.3 cm³/mol. The van der Waals surface area contributed by atoms with Gasteiger partial charge >= 0.3 is 0 Å². The van der Waals surface area contributed by atoms with Gasteiger partial charge in [0.2, 0.25) is 0 Å². The Kier molecular flexibility index (Phi) is 3.11. The molecule has 1 N–H and O–H groups in total. The van der Waals surface area contributed by atoms with E-state index >= 15 is 0 Å². The molecule has 0 spiro atoms. The number of rotatable bonds is 2. The summed E-state index contributed by atoms with van der Waals surface area (Å²) < 4.78 is 18.0. The van der Waals surface area contributed by atoms with E-state index in [0.717, 1.165) is 23.2 Å². The highest BCUT2D eigenvalue weighted by Crippen LogP contribution is 2.23. The van der Waals surface area contributed by atoms with Gasteiger partial charge in [-0.05, 0) is 12.1 Å². The number of benzene rings is 1. The summed E-state index contributed by atoms with van der Waals surface area (Å²) in [6.07, 6.45) is 0. The number of thioether (sulfide) groups is 1. The molecule has 0 atom stereocenters. The number of hydrogen-bond acceptors (Lipinski definition) is 4. The van der Waals surface area contributed by atoms with Crippen molar-refractivity contribution in [2.75, 3.05) is 24.7 Å². The minimum Gasteiger partial charge on any atom is -0.494 e. The molecule has 0 bridgehead atoms. The quantitative estimate of drug-likeness (QED) is 0.840. The van der Waals surface area contributed by atoms with Gasteiger partial charge in [0.1, 0.15) is 0 Å². The van der Waals surface area contributed by atoms with Crippen LogP contribution in [0.3, 0.4) is 0 Å². The van der Waals surface area contributed by atoms with Crippen LogP contribution in [0.4, 0.5) is 10.1 Å². The van der Waals surface area contributed by atoms with E-state index in [2.05, 4.69) is 10.3 Å². The highest BCUT2D eigenvalue weighted by molar-refractivity contribution is 8.14. The summed E-state index contributed by atoms with van der Waals surface area (Å²) in [7, 11) is 1.45. The predicted octanol–water partition coefficient (Wildman–Crippen LogP) is 2.35. The highest BCUT2D eigenvalue weighted by atomic mass is 32.2. The monoisotopic (exact) mass is 226 g/mol. The number of methoxy groups -OCH3 is 1. The van der Waals surface area contributed by atoms with Gasteiger partial charge in [0.15, 0.2) is 16.7 Å². The van der Waals surface area contributed by atoms with Crippen molar-refractivity contribution >= 4 is 22.6 Å². The zero-order valence-corrected chi connectivity index (χ0v) is 9.10. The average Bonchev–Trinajstić information content (AvgIpc) is 2.73. The van der Waals surface area contributed by atoms with Crippen LogP contribution < -0.4 is 10.1 Å². The number of ether oxygens (including phenoxy) is 1. The first kappa shape index (κ1) is 10.3. The Morgan fingerprint density at radius 1 is 1.53 bits per heavy atom. The van der Waals surface area contributed by atoms with Crippen LogP contribution in [0.15, 0.2) is 23.2 Å². The summed E-state index contributed by atoms with van der Waals surface area (Å²) in [5.41, 5.74) is 0.793. The maximum atomic E-state index is 13.1. The normalized spacial score (nSPS) is 14.9. The number of aliphatic imine (C=N–C) groups is 1. The second-order valence-corrected chi connectivity index (χ2v) is 4.09. The first-order valence-corrected chi connectivity index (χ1v) is 5.56. The van der Waals surface area contributed by atoms with Crippen molar-refractivity contribution in [2.45, 2.75) is 0 Å². The van der Waals surface area contributed by atoms with Gasteiger partial charge in [-0.2, -0.15) is 0 Å². The summed E-state index contributed by atoms with van der Waals surface area (Å²) in [5.74, 6) is 0.883. The first-order valence-electron chi connectivity index (χ1n) is 4.57. The van der Waals surface area contributed by atoms with Crippen LogP contribution in [0.5, 0.6) is 5.75 Å². The van der Waals surface area contributed by atoms with Gasteiger partial charge in [-0.25, -0.2) is 4.39 Å². The molecule has 0 radical (unpaired) electrons. The summed E-state index contributed by atoms with van der Waals surface area (Å²) >= 11 is 1.66. The third-order valence-corrected chi connectivity index (χ3v) is 2.88. The zero-order chi connectivity index (χ0) is 10.7. The fourth-order valence-corrected chi connectivity index (χ4v) is 2.02. The molecular formula is C10H11FN2OS. The number of nitrogens with one attached hydrogen (secondary N) is 1. The maximum absolute atomic E-state index is 13.1. The summed E-state index contributed by atoms with van der Waals surface area (Å²) in [6, 6.07) is 4.66. The minimum absolute atomic E-state index is 0.239. The molecule has 15 heavy (non-hydrogen) atoms. The molecule has 1 aromatic rings. The lowest BCUT2D eigenvalue weighted by molar-refractivity contribution is 0.387. The maximum Gasteiger partial charge on any atom is 0.165 e. The minimum atomic E-state index is -0.357. The van der Waals surface area contributed by atoms with Crippen molar-refractivity contribution in [3.63, 3.8) is 0 Å². The molecule has 1 aliphatic rings. The second kappa shape index (κ2) is 4.53. The van der Waals surface area contributed by atoms with Crippen molar-refractivity contribution < 1.29 is 9.13 Å². The average molecular weight is 226 g/mol. The smallest absolute Gasteiger partial charge is 0.165 e. The van der Waals surface area contributed by atoms with Gasteiger partial charge in [0.25, 0.3) is 0 Å². The molecule has 0 saturated carbocycles. The molecule has 80 valence electrons. The molecule has 0 fully saturated rings. The van der Waals surface area contributed by atoms with Crippen LogP contribution in [0, 0.1) is 5.82 Å². The Hall–Kier alpha value is -1.23. The fourth-order valence-electron chi connectivity index (χ4n) is 1.27. The Morgan fingerprint density at radius 2 is 2.40 bits per heavy atom. The Labute approximate surface area is 91.7 Å². The molecule has 0 amide bonds. The van der Waals surface area contributed by atoms with E-state index in [1.807, 2.05) is 0 Å². The molecule has 1 aromatic carbocycles. The lowest BCUT2D eigenvalue weighted by Gasteiger charge is -2.07. The van der Waals surface area contributed by atoms with Crippen LogP contribution in [0.2, 0.25) is 0 Å². The second-order valence-electron chi connectivity index (χ2n) is 3.01. The van der Waals surface area contributed by atoms with Crippen LogP contribution in [0.1, 0.15) is 0 Å². The van der Waals surface area contributed by atoms with E-state index in [-0.39, 0.29) is 11.6 Å². The number of nitrogens with zero attached hydrogens (tertiary/aromatic N) is 1. The molecule has 2 rings (SSSR count). The van der Waals surface area contributed by atoms with E-state index in [1.165, 1.54) is 13.2 Å². The van der Waals surface area contributed by atoms with Gasteiger partial charge in [-0.3, -0.25) is 4.99 Å². The molecular weight excluding hydrogens is 215 g/mol. The van der Waals surface area contributed by atoms with Gasteiger partial charge in [0.05, 0.1) is 13.7 Å². The van der Waals surface area contributed by atoms with E-state index < -0.39 is 0 Å². The van der Waals surface area contributed by atoms with Crippen LogP contribution in [-0.4, -0.2) is 24.6 Å². The van der Waals surface area contributed by atoms with Crippen LogP contribution in [0.25, 0.3) is 0 Å². The first-order chi connectivity index (χ1) is 7.29. The van der Waals surface area contributed by atoms with Crippen LogP contribution in [-0.2, 0) is 0 Å². The van der Waals surface area contributed by atoms with Gasteiger partial charge in [-0.1, -0.05) is 11.8 Å². The van der Waals surface area contributed by atoms with Gasteiger partial charge < -0.3 is 10.1 Å². The van der Waals surface area contributed by atoms with Crippen molar-refractivity contribution in [1.82, 2.24) is 0 Å². The Morgan fingerprint density at radius 3 is 3.07 bits per heavy atom. The van der Waals surface area contributed by atoms with Crippen molar-refractivity contribution in [3.8, 4) is 5.75 Å². The third-order valence-electron chi connectivity index (χ3n) is 1.99. The number of halogens is 1. The molecule has 0 aromatic heterocycles. The van der Waals surface area contributed by atoms with Crippen molar-refractivity contribution in [1.29, 1.82) is 0 Å². The lowest BCUT2D eigenvalue weighted by atomic mass is 10.3. The Bertz CT molecular complexity index is 395. The van der Waals surface area contributed by atoms with Gasteiger partial charge in [-0.15, -0.1) is 0 Å². The van der Waals surface area contributed by atoms with E-state index in [0.29, 0.717) is 0 Å². The lowest BCUT2D eigenvalue weighted by Crippen LogP contribution is -2.05. The summed E-state index contributed by atoms with van der Waals surface area (Å²) in [6.45, 7) is 0.839. The molecule has 1 heterocycles. The summed E-state index contributed by atoms with van der Waals surface area (Å²) in [4.78, 5) is 4.24. The van der Waals surface area contributed by atoms with E-state index in [4.69, 9.17) is 4.74 Å². The Balaban J connectivity index is 2.14. The van der Waals surface area contributed by atoms with Crippen molar-refractivity contribution in [2.24, 2.45) is 4.99 Å². The zero-order valence-electron chi connectivity index (χ0n) is 8.29. The fraction of sp³-hybridized carbons (Fsp3) is 0.300. The number of anilines is 1. The molecule has 0 aliphatic carbocycles. The SMILES string of the molecule is COc1cc(NC2=NCCS2)ccc1F. The van der Waals surface area contributed by atoms with E-state index in [1.54, 1.807) is 23.9 Å². The largest absolute Gasteiger partial charge is 0.494 e. The van der Waals surface area contributed by atoms with Crippen LogP contribution >= 0.6 is 11.8 Å². The summed E-state index contributed by atoms with van der Waals surface area (Å²) in [5, 5.41) is 3.99. The molecule has 0 unspecified atom stereocenters. The number of hydrogen-bond donors (Lipinski definition) is 1. The molecule has 3 nitrogen and oxygen atoms in total. The third kappa shape index (κ3) is 2.41. The highest BCUT2D eigenvalue weighted by Gasteiger charge is 2.08. The molecule has 1 aliphatic heterocycles. The molecule has 5 heteroatoms. The van der Waals surface area contributed by atoms with Gasteiger partial charge in [0, 0.05) is 17.5 Å².